The topological polar surface area (TPSA) is 61.7 Å². The van der Waals surface area contributed by atoms with Gasteiger partial charge in [-0.1, -0.05) is 19.9 Å². The zero-order valence-corrected chi connectivity index (χ0v) is 12.0. The van der Waals surface area contributed by atoms with Crippen LogP contribution in [-0.2, 0) is 0 Å². The molecular weight excluding hydrogens is 242 g/mol. The quantitative estimate of drug-likeness (QED) is 0.781. The van der Waals surface area contributed by atoms with E-state index in [-0.39, 0.29) is 23.3 Å². The molecule has 1 saturated carbocycles. The van der Waals surface area contributed by atoms with E-state index in [1.807, 2.05) is 12.1 Å². The maximum Gasteiger partial charge on any atom is 0.160 e. The summed E-state index contributed by atoms with van der Waals surface area (Å²) in [5, 5.41) is 22.9. The molecule has 4 nitrogen and oxygen atoms in total. The second-order valence-corrected chi connectivity index (χ2v) is 5.95. The van der Waals surface area contributed by atoms with Crippen LogP contribution in [0.5, 0.6) is 11.5 Å². The Hall–Kier alpha value is -1.26. The minimum Gasteiger partial charge on any atom is -0.504 e. The Morgan fingerprint density at radius 1 is 1.42 bits per heavy atom. The van der Waals surface area contributed by atoms with Crippen molar-refractivity contribution < 1.29 is 14.9 Å². The average Bonchev–Trinajstić information content (AvgIpc) is 2.38. The molecule has 1 aliphatic rings. The van der Waals surface area contributed by atoms with E-state index in [0.29, 0.717) is 11.8 Å². The van der Waals surface area contributed by atoms with Crippen molar-refractivity contribution in [2.24, 2.45) is 5.41 Å². The van der Waals surface area contributed by atoms with Crippen LogP contribution in [0.25, 0.3) is 0 Å². The number of aliphatic hydroxyl groups is 1. The van der Waals surface area contributed by atoms with E-state index in [0.717, 1.165) is 12.0 Å². The van der Waals surface area contributed by atoms with E-state index in [9.17, 15) is 10.2 Å². The first-order chi connectivity index (χ1) is 8.86. The largest absolute Gasteiger partial charge is 0.504 e. The standard InChI is InChI=1S/C15H23NO3/c1-9(16-13-8-14(18)15(13,2)3)10-5-6-11(17)12(7-10)19-4/h5-7,9,13-14,16-18H,8H2,1-4H3. The molecule has 1 fully saturated rings. The first-order valence-corrected chi connectivity index (χ1v) is 6.67. The second kappa shape index (κ2) is 5.02. The molecule has 106 valence electrons. The van der Waals surface area contributed by atoms with Crippen LogP contribution < -0.4 is 10.1 Å². The van der Waals surface area contributed by atoms with E-state index in [1.165, 1.54) is 0 Å². The fraction of sp³-hybridized carbons (Fsp3) is 0.600. The highest BCUT2D eigenvalue weighted by atomic mass is 16.5. The molecule has 0 heterocycles. The highest BCUT2D eigenvalue weighted by Gasteiger charge is 2.47. The lowest BCUT2D eigenvalue weighted by Crippen LogP contribution is -2.60. The van der Waals surface area contributed by atoms with Crippen molar-refractivity contribution in [2.75, 3.05) is 7.11 Å². The molecule has 0 bridgehead atoms. The lowest BCUT2D eigenvalue weighted by Gasteiger charge is -2.50. The Morgan fingerprint density at radius 3 is 2.63 bits per heavy atom. The number of ether oxygens (including phenoxy) is 1. The fourth-order valence-corrected chi connectivity index (χ4v) is 2.55. The van der Waals surface area contributed by atoms with Crippen molar-refractivity contribution in [3.05, 3.63) is 23.8 Å². The van der Waals surface area contributed by atoms with Gasteiger partial charge in [-0.3, -0.25) is 0 Å². The monoisotopic (exact) mass is 265 g/mol. The van der Waals surface area contributed by atoms with E-state index in [1.54, 1.807) is 13.2 Å². The van der Waals surface area contributed by atoms with E-state index >= 15 is 0 Å². The number of aliphatic hydroxyl groups excluding tert-OH is 1. The van der Waals surface area contributed by atoms with Gasteiger partial charge in [0.25, 0.3) is 0 Å². The molecule has 0 aromatic heterocycles. The summed E-state index contributed by atoms with van der Waals surface area (Å²) in [4.78, 5) is 0. The van der Waals surface area contributed by atoms with Gasteiger partial charge in [0.2, 0.25) is 0 Å². The summed E-state index contributed by atoms with van der Waals surface area (Å²) in [6, 6.07) is 5.82. The van der Waals surface area contributed by atoms with E-state index in [2.05, 4.69) is 26.1 Å². The Balaban J connectivity index is 2.06. The molecular formula is C15H23NO3. The van der Waals surface area contributed by atoms with Crippen LogP contribution in [0.15, 0.2) is 18.2 Å². The van der Waals surface area contributed by atoms with Crippen molar-refractivity contribution in [3.8, 4) is 11.5 Å². The highest BCUT2D eigenvalue weighted by molar-refractivity contribution is 5.42. The van der Waals surface area contributed by atoms with Gasteiger partial charge < -0.3 is 20.3 Å². The number of methoxy groups -OCH3 is 1. The van der Waals surface area contributed by atoms with Crippen LogP contribution in [0.3, 0.4) is 0 Å². The van der Waals surface area contributed by atoms with Gasteiger partial charge in [-0.05, 0) is 31.0 Å². The lowest BCUT2D eigenvalue weighted by molar-refractivity contribution is -0.0754. The summed E-state index contributed by atoms with van der Waals surface area (Å²) in [7, 11) is 1.54. The van der Waals surface area contributed by atoms with Crippen LogP contribution in [0.2, 0.25) is 0 Å². The molecule has 19 heavy (non-hydrogen) atoms. The van der Waals surface area contributed by atoms with Gasteiger partial charge in [0.15, 0.2) is 11.5 Å². The summed E-state index contributed by atoms with van der Waals surface area (Å²) in [5.41, 5.74) is 0.974. The summed E-state index contributed by atoms with van der Waals surface area (Å²) in [6.07, 6.45) is 0.554. The minimum absolute atomic E-state index is 0.0880. The normalized spacial score (nSPS) is 26.6. The minimum atomic E-state index is -0.230. The second-order valence-electron chi connectivity index (χ2n) is 5.95. The summed E-state index contributed by atoms with van der Waals surface area (Å²) >= 11 is 0. The molecule has 1 aliphatic carbocycles. The molecule has 0 radical (unpaired) electrons. The number of phenolic OH excluding ortho intramolecular Hbond substituents is 1. The molecule has 3 N–H and O–H groups in total. The Labute approximate surface area is 114 Å². The number of hydrogen-bond acceptors (Lipinski definition) is 4. The first kappa shape index (κ1) is 14.2. The average molecular weight is 265 g/mol. The van der Waals surface area contributed by atoms with Crippen molar-refractivity contribution >= 4 is 0 Å². The fourth-order valence-electron chi connectivity index (χ4n) is 2.55. The van der Waals surface area contributed by atoms with Gasteiger partial charge in [0.1, 0.15) is 0 Å². The third-order valence-electron chi connectivity index (χ3n) is 4.37. The molecule has 0 aliphatic heterocycles. The van der Waals surface area contributed by atoms with Gasteiger partial charge in [-0.15, -0.1) is 0 Å². The molecule has 4 heteroatoms. The molecule has 0 saturated heterocycles. The molecule has 2 rings (SSSR count). The highest BCUT2D eigenvalue weighted by Crippen LogP contribution is 2.41. The Bertz CT molecular complexity index is 459. The number of phenols is 1. The van der Waals surface area contributed by atoms with Gasteiger partial charge in [-0.25, -0.2) is 0 Å². The van der Waals surface area contributed by atoms with Gasteiger partial charge in [0, 0.05) is 17.5 Å². The zero-order chi connectivity index (χ0) is 14.2. The molecule has 1 aromatic carbocycles. The number of rotatable bonds is 4. The number of hydrogen-bond donors (Lipinski definition) is 3. The third kappa shape index (κ3) is 2.55. The lowest BCUT2D eigenvalue weighted by atomic mass is 9.64. The summed E-state index contributed by atoms with van der Waals surface area (Å²) < 4.78 is 5.12. The predicted molar refractivity (Wildman–Crippen MR) is 74.4 cm³/mol. The zero-order valence-electron chi connectivity index (χ0n) is 12.0. The van der Waals surface area contributed by atoms with Crippen LogP contribution >= 0.6 is 0 Å². The maximum absolute atomic E-state index is 9.76. The van der Waals surface area contributed by atoms with Crippen molar-refractivity contribution in [1.82, 2.24) is 5.32 Å². The summed E-state index contributed by atoms with van der Waals surface area (Å²) in [6.45, 7) is 6.22. The van der Waals surface area contributed by atoms with Gasteiger partial charge >= 0.3 is 0 Å². The summed E-state index contributed by atoms with van der Waals surface area (Å²) in [5.74, 6) is 0.636. The molecule has 3 unspecified atom stereocenters. The van der Waals surface area contributed by atoms with Crippen molar-refractivity contribution in [2.45, 2.75) is 45.4 Å². The smallest absolute Gasteiger partial charge is 0.160 e. The molecule has 3 atom stereocenters. The predicted octanol–water partition coefficient (Wildman–Crippen LogP) is 2.21. The Kier molecular flexibility index (Phi) is 3.74. The van der Waals surface area contributed by atoms with E-state index in [4.69, 9.17) is 4.74 Å². The van der Waals surface area contributed by atoms with E-state index < -0.39 is 0 Å². The Morgan fingerprint density at radius 2 is 2.11 bits per heavy atom. The molecule has 0 spiro atoms. The van der Waals surface area contributed by atoms with Crippen LogP contribution in [0, 0.1) is 5.41 Å². The SMILES string of the molecule is COc1cc(C(C)NC2CC(O)C2(C)C)ccc1O. The molecule has 0 amide bonds. The van der Waals surface area contributed by atoms with Crippen LogP contribution in [0.1, 0.15) is 38.8 Å². The number of nitrogens with one attached hydrogen (secondary N) is 1. The third-order valence-corrected chi connectivity index (χ3v) is 4.37. The number of aromatic hydroxyl groups is 1. The maximum atomic E-state index is 9.76. The number of benzene rings is 1. The van der Waals surface area contributed by atoms with Crippen LogP contribution in [0.4, 0.5) is 0 Å². The van der Waals surface area contributed by atoms with Gasteiger partial charge in [0.05, 0.1) is 13.2 Å². The van der Waals surface area contributed by atoms with Crippen molar-refractivity contribution in [3.63, 3.8) is 0 Å². The van der Waals surface area contributed by atoms with Crippen molar-refractivity contribution in [1.29, 1.82) is 0 Å². The molecule has 1 aromatic rings. The first-order valence-electron chi connectivity index (χ1n) is 6.67. The van der Waals surface area contributed by atoms with Gasteiger partial charge in [-0.2, -0.15) is 0 Å². The van der Waals surface area contributed by atoms with Crippen LogP contribution in [-0.4, -0.2) is 29.5 Å².